The summed E-state index contributed by atoms with van der Waals surface area (Å²) in [7, 11) is -3.25. The van der Waals surface area contributed by atoms with Gasteiger partial charge >= 0.3 is 0 Å². The van der Waals surface area contributed by atoms with Gasteiger partial charge in [-0.3, -0.25) is 4.79 Å². The molecule has 1 aromatic heterocycles. The summed E-state index contributed by atoms with van der Waals surface area (Å²) < 4.78 is 31.1. The number of carbonyl (C=O) groups excluding carboxylic acids is 1. The summed E-state index contributed by atoms with van der Waals surface area (Å²) in [6, 6.07) is 0.00476. The van der Waals surface area contributed by atoms with Gasteiger partial charge in [0.25, 0.3) is 5.91 Å². The second kappa shape index (κ2) is 5.22. The molecule has 2 saturated heterocycles. The minimum atomic E-state index is -3.25. The molecule has 2 aliphatic heterocycles. The molecule has 0 radical (unpaired) electrons. The molecule has 3 fully saturated rings. The first-order valence-corrected chi connectivity index (χ1v) is 10.3. The van der Waals surface area contributed by atoms with Crippen molar-refractivity contribution in [3.05, 3.63) is 11.1 Å². The van der Waals surface area contributed by atoms with Gasteiger partial charge in [0.15, 0.2) is 5.69 Å². The molecule has 7 nitrogen and oxygen atoms in total. The van der Waals surface area contributed by atoms with Crippen LogP contribution in [0.2, 0.25) is 0 Å². The standard InChI is InChI=1S/C14H20N4O3S2/c1-8(2)18-6-11-9-3-10(13(11)23(18,20)21)5-17(4-9)14(19)12-7-22-16-15-12/h7-11,13H,3-6H2,1-2H3. The number of hydrogen-bond donors (Lipinski definition) is 0. The molecule has 9 heteroatoms. The molecule has 4 atom stereocenters. The van der Waals surface area contributed by atoms with Crippen LogP contribution in [0.5, 0.6) is 0 Å². The molecule has 1 aliphatic carbocycles. The summed E-state index contributed by atoms with van der Waals surface area (Å²) in [5.74, 6) is 0.348. The number of rotatable bonds is 2. The fraction of sp³-hybridized carbons (Fsp3) is 0.786. The van der Waals surface area contributed by atoms with Gasteiger partial charge in [0.05, 0.1) is 5.25 Å². The summed E-state index contributed by atoms with van der Waals surface area (Å²) in [4.78, 5) is 14.3. The van der Waals surface area contributed by atoms with E-state index in [0.29, 0.717) is 25.3 Å². The largest absolute Gasteiger partial charge is 0.337 e. The lowest BCUT2D eigenvalue weighted by atomic mass is 9.94. The summed E-state index contributed by atoms with van der Waals surface area (Å²) in [6.45, 7) is 5.61. The van der Waals surface area contributed by atoms with Crippen LogP contribution in [0.15, 0.2) is 5.38 Å². The number of sulfonamides is 1. The van der Waals surface area contributed by atoms with Crippen LogP contribution in [0.4, 0.5) is 0 Å². The van der Waals surface area contributed by atoms with Crippen molar-refractivity contribution in [2.45, 2.75) is 31.6 Å². The molecular formula is C14H20N4O3S2. The lowest BCUT2D eigenvalue weighted by molar-refractivity contribution is 0.0639. The Hall–Kier alpha value is -1.06. The van der Waals surface area contributed by atoms with Crippen molar-refractivity contribution in [2.75, 3.05) is 19.6 Å². The first-order chi connectivity index (χ1) is 10.9. The van der Waals surface area contributed by atoms with Crippen LogP contribution in [0.25, 0.3) is 0 Å². The maximum atomic E-state index is 12.9. The van der Waals surface area contributed by atoms with Crippen LogP contribution in [0, 0.1) is 17.8 Å². The van der Waals surface area contributed by atoms with Gasteiger partial charge < -0.3 is 4.90 Å². The number of aromatic nitrogens is 2. The molecule has 4 rings (SSSR count). The van der Waals surface area contributed by atoms with Gasteiger partial charge in [-0.05, 0) is 49.6 Å². The monoisotopic (exact) mass is 356 g/mol. The van der Waals surface area contributed by atoms with E-state index in [1.807, 2.05) is 13.8 Å². The maximum absolute atomic E-state index is 12.9. The van der Waals surface area contributed by atoms with E-state index in [1.54, 1.807) is 14.6 Å². The zero-order valence-electron chi connectivity index (χ0n) is 13.1. The topological polar surface area (TPSA) is 83.5 Å². The average Bonchev–Trinajstić information content (AvgIpc) is 3.16. The maximum Gasteiger partial charge on any atom is 0.275 e. The van der Waals surface area contributed by atoms with Gasteiger partial charge in [0.2, 0.25) is 10.0 Å². The minimum absolute atomic E-state index is 0.00476. The molecule has 2 bridgehead atoms. The van der Waals surface area contributed by atoms with Crippen molar-refractivity contribution in [1.82, 2.24) is 18.8 Å². The van der Waals surface area contributed by atoms with Gasteiger partial charge in [-0.25, -0.2) is 8.42 Å². The molecule has 1 aromatic rings. The Balaban J connectivity index is 1.59. The smallest absolute Gasteiger partial charge is 0.275 e. The Bertz CT molecular complexity index is 718. The number of hydrogen-bond acceptors (Lipinski definition) is 6. The van der Waals surface area contributed by atoms with E-state index in [9.17, 15) is 13.2 Å². The van der Waals surface area contributed by atoms with Gasteiger partial charge in [-0.15, -0.1) is 5.10 Å². The molecule has 0 N–H and O–H groups in total. The van der Waals surface area contributed by atoms with Gasteiger partial charge in [0.1, 0.15) is 0 Å². The third kappa shape index (κ3) is 2.24. The highest BCUT2D eigenvalue weighted by molar-refractivity contribution is 7.90. The normalized spacial score (nSPS) is 35.7. The molecule has 3 aliphatic rings. The fourth-order valence-electron chi connectivity index (χ4n) is 4.62. The summed E-state index contributed by atoms with van der Waals surface area (Å²) in [5.41, 5.74) is 0.369. The second-order valence-corrected chi connectivity index (χ2v) is 9.75. The Morgan fingerprint density at radius 1 is 1.30 bits per heavy atom. The number of likely N-dealkylation sites (tertiary alicyclic amines) is 1. The summed E-state index contributed by atoms with van der Waals surface area (Å²) >= 11 is 1.16. The number of piperidine rings is 1. The van der Waals surface area contributed by atoms with Crippen molar-refractivity contribution in [3.8, 4) is 0 Å². The molecule has 126 valence electrons. The number of carbonyl (C=O) groups is 1. The lowest BCUT2D eigenvalue weighted by Crippen LogP contribution is -2.45. The predicted octanol–water partition coefficient (Wildman–Crippen LogP) is 0.669. The van der Waals surface area contributed by atoms with Gasteiger partial charge in [0, 0.05) is 31.1 Å². The van der Waals surface area contributed by atoms with E-state index in [2.05, 4.69) is 9.59 Å². The number of amides is 1. The molecule has 1 amide bonds. The quantitative estimate of drug-likeness (QED) is 0.778. The molecule has 3 heterocycles. The Kier molecular flexibility index (Phi) is 3.51. The van der Waals surface area contributed by atoms with Crippen molar-refractivity contribution in [2.24, 2.45) is 17.8 Å². The molecule has 1 saturated carbocycles. The van der Waals surface area contributed by atoms with Crippen molar-refractivity contribution in [3.63, 3.8) is 0 Å². The predicted molar refractivity (Wildman–Crippen MR) is 85.4 cm³/mol. The molecule has 0 spiro atoms. The lowest BCUT2D eigenvalue weighted by Gasteiger charge is -2.34. The third-order valence-corrected chi connectivity index (χ3v) is 8.66. The Labute approximate surface area is 139 Å². The van der Waals surface area contributed by atoms with Crippen LogP contribution in [-0.2, 0) is 10.0 Å². The Morgan fingerprint density at radius 2 is 2.04 bits per heavy atom. The number of fused-ring (bicyclic) bond motifs is 5. The minimum Gasteiger partial charge on any atom is -0.337 e. The van der Waals surface area contributed by atoms with Crippen LogP contribution in [-0.4, -0.2) is 64.0 Å². The van der Waals surface area contributed by atoms with E-state index in [1.165, 1.54) is 0 Å². The third-order valence-electron chi connectivity index (χ3n) is 5.51. The van der Waals surface area contributed by atoms with E-state index in [-0.39, 0.29) is 35.0 Å². The zero-order valence-corrected chi connectivity index (χ0v) is 14.8. The second-order valence-electron chi connectivity index (χ2n) is 7.09. The van der Waals surface area contributed by atoms with Crippen LogP contribution < -0.4 is 0 Å². The highest BCUT2D eigenvalue weighted by Crippen LogP contribution is 2.50. The molecule has 23 heavy (non-hydrogen) atoms. The van der Waals surface area contributed by atoms with Gasteiger partial charge in [-0.2, -0.15) is 4.31 Å². The van der Waals surface area contributed by atoms with Crippen LogP contribution in [0.1, 0.15) is 30.8 Å². The first-order valence-electron chi connectivity index (χ1n) is 7.96. The summed E-state index contributed by atoms with van der Waals surface area (Å²) in [5, 5.41) is 5.18. The summed E-state index contributed by atoms with van der Waals surface area (Å²) in [6.07, 6.45) is 0.916. The average molecular weight is 356 g/mol. The van der Waals surface area contributed by atoms with E-state index in [0.717, 1.165) is 18.0 Å². The van der Waals surface area contributed by atoms with Crippen molar-refractivity contribution < 1.29 is 13.2 Å². The molecule has 4 unspecified atom stereocenters. The fourth-order valence-corrected chi connectivity index (χ4v) is 7.76. The van der Waals surface area contributed by atoms with E-state index in [4.69, 9.17) is 0 Å². The van der Waals surface area contributed by atoms with Crippen LogP contribution in [0.3, 0.4) is 0 Å². The SMILES string of the molecule is CC(C)N1CC2C3CC(CN(C(=O)c4csnn4)C3)C2S1(=O)=O. The van der Waals surface area contributed by atoms with Crippen molar-refractivity contribution in [1.29, 1.82) is 0 Å². The molecular weight excluding hydrogens is 336 g/mol. The van der Waals surface area contributed by atoms with Crippen molar-refractivity contribution >= 4 is 27.5 Å². The van der Waals surface area contributed by atoms with Gasteiger partial charge in [-0.1, -0.05) is 4.49 Å². The highest BCUT2D eigenvalue weighted by atomic mass is 32.2. The zero-order chi connectivity index (χ0) is 16.4. The molecule has 0 aromatic carbocycles. The number of nitrogens with zero attached hydrogens (tertiary/aromatic N) is 4. The van der Waals surface area contributed by atoms with E-state index < -0.39 is 10.0 Å². The Morgan fingerprint density at radius 3 is 2.70 bits per heavy atom. The van der Waals surface area contributed by atoms with E-state index >= 15 is 0 Å². The highest BCUT2D eigenvalue weighted by Gasteiger charge is 2.60. The van der Waals surface area contributed by atoms with Crippen LogP contribution >= 0.6 is 11.5 Å². The first kappa shape index (κ1) is 15.5.